The van der Waals surface area contributed by atoms with Gasteiger partial charge < -0.3 is 15.5 Å². The molecule has 3 aromatic carbocycles. The number of nitrogens with one attached hydrogen (secondary N) is 1. The van der Waals surface area contributed by atoms with Crippen LogP contribution in [0.2, 0.25) is 0 Å². The number of benzene rings is 3. The van der Waals surface area contributed by atoms with Crippen LogP contribution in [-0.2, 0) is 6.42 Å². The molecule has 6 heteroatoms. The van der Waals surface area contributed by atoms with E-state index in [0.717, 1.165) is 46.3 Å². The lowest BCUT2D eigenvalue weighted by Crippen LogP contribution is -2.07. The fourth-order valence-electron chi connectivity index (χ4n) is 3.47. The molecule has 2 heterocycles. The van der Waals surface area contributed by atoms with Crippen molar-refractivity contribution in [2.24, 2.45) is 0 Å². The standard InChI is InChI=1S/C23H19N5O/c24-23-28-20-13-17(7-9-21(20)29-23)16-6-8-19-18(12-16)22(27-14-26-19)25-11-10-15-4-2-1-3-5-15/h1-9,12-14H,10-11H2,(H2,24,28)(H,25,26,27). The molecule has 5 aromatic rings. The summed E-state index contributed by atoms with van der Waals surface area (Å²) in [6, 6.07) is 22.6. The largest absolute Gasteiger partial charge is 0.424 e. The zero-order valence-corrected chi connectivity index (χ0v) is 15.7. The SMILES string of the molecule is Nc1nc2cc(-c3ccc4ncnc(NCCc5ccccc5)c4c3)ccc2o1. The summed E-state index contributed by atoms with van der Waals surface area (Å²) >= 11 is 0. The van der Waals surface area contributed by atoms with E-state index >= 15 is 0 Å². The van der Waals surface area contributed by atoms with Gasteiger partial charge in [-0.1, -0.05) is 42.5 Å². The van der Waals surface area contributed by atoms with Crippen LogP contribution in [0.4, 0.5) is 11.8 Å². The predicted molar refractivity (Wildman–Crippen MR) is 116 cm³/mol. The first kappa shape index (κ1) is 17.2. The molecule has 0 aliphatic rings. The first-order valence-electron chi connectivity index (χ1n) is 9.45. The molecule has 0 atom stereocenters. The molecule has 0 saturated carbocycles. The van der Waals surface area contributed by atoms with Crippen LogP contribution in [0.1, 0.15) is 5.56 Å². The second-order valence-corrected chi connectivity index (χ2v) is 6.85. The molecule has 0 spiro atoms. The summed E-state index contributed by atoms with van der Waals surface area (Å²) in [7, 11) is 0. The van der Waals surface area contributed by atoms with Crippen molar-refractivity contribution in [1.29, 1.82) is 0 Å². The van der Waals surface area contributed by atoms with Crippen LogP contribution in [0.25, 0.3) is 33.1 Å². The summed E-state index contributed by atoms with van der Waals surface area (Å²) in [6.45, 7) is 0.796. The van der Waals surface area contributed by atoms with E-state index in [1.54, 1.807) is 6.33 Å². The van der Waals surface area contributed by atoms with Gasteiger partial charge in [0.05, 0.1) is 5.52 Å². The van der Waals surface area contributed by atoms with Crippen LogP contribution in [0.15, 0.2) is 77.5 Å². The Balaban J connectivity index is 1.45. The molecule has 0 fully saturated rings. The average molecular weight is 381 g/mol. The highest BCUT2D eigenvalue weighted by Crippen LogP contribution is 2.29. The molecule has 0 unspecified atom stereocenters. The van der Waals surface area contributed by atoms with Crippen LogP contribution in [0.5, 0.6) is 0 Å². The van der Waals surface area contributed by atoms with E-state index in [-0.39, 0.29) is 6.01 Å². The number of nitrogen functional groups attached to an aromatic ring is 1. The summed E-state index contributed by atoms with van der Waals surface area (Å²) < 4.78 is 5.37. The lowest BCUT2D eigenvalue weighted by molar-refractivity contribution is 0.626. The summed E-state index contributed by atoms with van der Waals surface area (Å²) in [5.41, 5.74) is 11.4. The topological polar surface area (TPSA) is 89.9 Å². The van der Waals surface area contributed by atoms with Crippen LogP contribution >= 0.6 is 0 Å². The first-order chi connectivity index (χ1) is 14.3. The lowest BCUT2D eigenvalue weighted by Gasteiger charge is -2.10. The Morgan fingerprint density at radius 3 is 2.59 bits per heavy atom. The molecule has 0 aliphatic carbocycles. The molecule has 6 nitrogen and oxygen atoms in total. The Labute approximate surface area is 167 Å². The molecule has 0 amide bonds. The van der Waals surface area contributed by atoms with E-state index in [2.05, 4.69) is 50.6 Å². The smallest absolute Gasteiger partial charge is 0.292 e. The van der Waals surface area contributed by atoms with E-state index < -0.39 is 0 Å². The molecule has 142 valence electrons. The van der Waals surface area contributed by atoms with Gasteiger partial charge in [-0.3, -0.25) is 0 Å². The highest BCUT2D eigenvalue weighted by Gasteiger charge is 2.09. The Morgan fingerprint density at radius 1 is 0.862 bits per heavy atom. The third-order valence-corrected chi connectivity index (χ3v) is 4.92. The summed E-state index contributed by atoms with van der Waals surface area (Å²) in [6.07, 6.45) is 2.52. The molecule has 3 N–H and O–H groups in total. The van der Waals surface area contributed by atoms with E-state index in [4.69, 9.17) is 10.2 Å². The molecule has 0 aliphatic heterocycles. The van der Waals surface area contributed by atoms with E-state index in [1.165, 1.54) is 5.56 Å². The molecule has 2 aromatic heterocycles. The fraction of sp³-hybridized carbons (Fsp3) is 0.0870. The number of nitrogens with zero attached hydrogens (tertiary/aromatic N) is 3. The highest BCUT2D eigenvalue weighted by atomic mass is 16.4. The van der Waals surface area contributed by atoms with Gasteiger partial charge in [-0.25, -0.2) is 9.97 Å². The van der Waals surface area contributed by atoms with Gasteiger partial charge in [0.25, 0.3) is 6.01 Å². The number of hydrogen-bond donors (Lipinski definition) is 2. The number of aromatic nitrogens is 3. The predicted octanol–water partition coefficient (Wildman–Crippen LogP) is 4.67. The van der Waals surface area contributed by atoms with Gasteiger partial charge >= 0.3 is 0 Å². The van der Waals surface area contributed by atoms with Gasteiger partial charge in [0, 0.05) is 11.9 Å². The van der Waals surface area contributed by atoms with Gasteiger partial charge in [-0.2, -0.15) is 4.98 Å². The molecule has 0 saturated heterocycles. The van der Waals surface area contributed by atoms with Crippen molar-refractivity contribution in [3.8, 4) is 11.1 Å². The van der Waals surface area contributed by atoms with Gasteiger partial charge in [0.15, 0.2) is 5.58 Å². The van der Waals surface area contributed by atoms with Crippen molar-refractivity contribution in [3.63, 3.8) is 0 Å². The molecule has 29 heavy (non-hydrogen) atoms. The van der Waals surface area contributed by atoms with Crippen molar-refractivity contribution < 1.29 is 4.42 Å². The van der Waals surface area contributed by atoms with Crippen LogP contribution < -0.4 is 11.1 Å². The van der Waals surface area contributed by atoms with Gasteiger partial charge in [0.2, 0.25) is 0 Å². The minimum absolute atomic E-state index is 0.175. The van der Waals surface area contributed by atoms with E-state index in [1.807, 2.05) is 36.4 Å². The molecule has 0 bridgehead atoms. The van der Waals surface area contributed by atoms with Gasteiger partial charge in [0.1, 0.15) is 17.7 Å². The quantitative estimate of drug-likeness (QED) is 0.460. The zero-order chi connectivity index (χ0) is 19.6. The van der Waals surface area contributed by atoms with Crippen molar-refractivity contribution >= 4 is 33.8 Å². The monoisotopic (exact) mass is 381 g/mol. The van der Waals surface area contributed by atoms with E-state index in [9.17, 15) is 0 Å². The summed E-state index contributed by atoms with van der Waals surface area (Å²) in [5.74, 6) is 0.833. The number of oxazole rings is 1. The van der Waals surface area contributed by atoms with E-state index in [0.29, 0.717) is 5.58 Å². The fourth-order valence-corrected chi connectivity index (χ4v) is 3.47. The number of nitrogens with two attached hydrogens (primary N) is 1. The maximum Gasteiger partial charge on any atom is 0.292 e. The number of hydrogen-bond acceptors (Lipinski definition) is 6. The normalized spacial score (nSPS) is 11.2. The molecular formula is C23H19N5O. The summed E-state index contributed by atoms with van der Waals surface area (Å²) in [4.78, 5) is 13.1. The summed E-state index contributed by atoms with van der Waals surface area (Å²) in [5, 5.41) is 4.44. The second-order valence-electron chi connectivity index (χ2n) is 6.85. The molecular weight excluding hydrogens is 362 g/mol. The number of rotatable bonds is 5. The number of anilines is 2. The highest BCUT2D eigenvalue weighted by molar-refractivity contribution is 5.93. The van der Waals surface area contributed by atoms with Crippen LogP contribution in [0.3, 0.4) is 0 Å². The Hall–Kier alpha value is -3.93. The maximum absolute atomic E-state index is 5.66. The Bertz CT molecular complexity index is 1300. The van der Waals surface area contributed by atoms with Crippen LogP contribution in [-0.4, -0.2) is 21.5 Å². The van der Waals surface area contributed by atoms with Crippen molar-refractivity contribution in [2.75, 3.05) is 17.6 Å². The van der Waals surface area contributed by atoms with Crippen molar-refractivity contribution in [1.82, 2.24) is 15.0 Å². The number of fused-ring (bicyclic) bond motifs is 2. The van der Waals surface area contributed by atoms with Crippen molar-refractivity contribution in [2.45, 2.75) is 6.42 Å². The minimum Gasteiger partial charge on any atom is -0.424 e. The lowest BCUT2D eigenvalue weighted by atomic mass is 10.0. The third kappa shape index (κ3) is 3.48. The third-order valence-electron chi connectivity index (χ3n) is 4.92. The second kappa shape index (κ2) is 7.24. The average Bonchev–Trinajstić information content (AvgIpc) is 3.13. The molecule has 0 radical (unpaired) electrons. The van der Waals surface area contributed by atoms with Crippen molar-refractivity contribution in [3.05, 3.63) is 78.6 Å². The molecule has 5 rings (SSSR count). The van der Waals surface area contributed by atoms with Gasteiger partial charge in [-0.15, -0.1) is 0 Å². The maximum atomic E-state index is 5.66. The zero-order valence-electron chi connectivity index (χ0n) is 15.7. The van der Waals surface area contributed by atoms with Crippen LogP contribution in [0, 0.1) is 0 Å². The minimum atomic E-state index is 0.175. The first-order valence-corrected chi connectivity index (χ1v) is 9.45. The Morgan fingerprint density at radius 2 is 1.69 bits per heavy atom. The Kier molecular flexibility index (Phi) is 4.29. The van der Waals surface area contributed by atoms with Gasteiger partial charge in [-0.05, 0) is 47.4 Å².